The normalized spacial score (nSPS) is 25.3. The molecule has 0 bridgehead atoms. The second kappa shape index (κ2) is 7.57. The maximum Gasteiger partial charge on any atom is 0.257 e. The molecule has 4 rings (SSSR count). The predicted octanol–water partition coefficient (Wildman–Crippen LogP) is 3.21. The molecule has 2 aliphatic heterocycles. The molecule has 150 valence electrons. The first-order valence-corrected chi connectivity index (χ1v) is 10.5. The number of carbonyl (C=O) groups excluding carboxylic acids is 3. The van der Waals surface area contributed by atoms with E-state index < -0.39 is 5.66 Å². The van der Waals surface area contributed by atoms with Crippen LogP contribution >= 0.6 is 0 Å². The smallest absolute Gasteiger partial charge is 0.257 e. The van der Waals surface area contributed by atoms with Gasteiger partial charge in [-0.05, 0) is 38.3 Å². The zero-order valence-corrected chi connectivity index (χ0v) is 16.6. The summed E-state index contributed by atoms with van der Waals surface area (Å²) in [5, 5.41) is 3.16. The summed E-state index contributed by atoms with van der Waals surface area (Å²) in [7, 11) is 0. The molecular weight excluding hydrogens is 354 g/mol. The van der Waals surface area contributed by atoms with Crippen molar-refractivity contribution in [3.63, 3.8) is 0 Å². The van der Waals surface area contributed by atoms with Gasteiger partial charge in [0.2, 0.25) is 11.8 Å². The van der Waals surface area contributed by atoms with Crippen LogP contribution in [0, 0.1) is 0 Å². The van der Waals surface area contributed by atoms with Crippen LogP contribution in [0.1, 0.15) is 75.1 Å². The minimum Gasteiger partial charge on any atom is -0.353 e. The lowest BCUT2D eigenvalue weighted by Gasteiger charge is -2.48. The van der Waals surface area contributed by atoms with E-state index in [1.54, 1.807) is 15.9 Å². The summed E-state index contributed by atoms with van der Waals surface area (Å²) in [6, 6.07) is 7.53. The lowest BCUT2D eigenvalue weighted by Crippen LogP contribution is -2.62. The number of amides is 3. The van der Waals surface area contributed by atoms with E-state index in [9.17, 15) is 14.4 Å². The Morgan fingerprint density at radius 3 is 2.61 bits per heavy atom. The summed E-state index contributed by atoms with van der Waals surface area (Å²) in [5.74, 6) is -0.0558. The van der Waals surface area contributed by atoms with Crippen molar-refractivity contribution in [2.24, 2.45) is 0 Å². The molecule has 3 amide bonds. The zero-order valence-electron chi connectivity index (χ0n) is 16.6. The summed E-state index contributed by atoms with van der Waals surface area (Å²) in [5.41, 5.74) is 0.543. The first-order chi connectivity index (χ1) is 13.5. The average molecular weight is 383 g/mol. The Hall–Kier alpha value is -2.37. The molecular formula is C22H29N3O3. The molecule has 1 aromatic rings. The third-order valence-corrected chi connectivity index (χ3v) is 6.53. The molecule has 1 unspecified atom stereocenters. The Labute approximate surface area is 166 Å². The Kier molecular flexibility index (Phi) is 5.13. The standard InChI is InChI=1S/C22H29N3O3/c1-22-14-12-20(27)25(22)18-11-7-6-10-17(18)21(28)24(22)15-13-19(26)23-16-8-4-2-3-5-9-16/h6-7,10-11,16H,2-5,8-9,12-15H2,1H3,(H,23,26). The van der Waals surface area contributed by atoms with Crippen molar-refractivity contribution in [2.75, 3.05) is 11.4 Å². The van der Waals surface area contributed by atoms with Crippen LogP contribution in [-0.4, -0.2) is 40.9 Å². The van der Waals surface area contributed by atoms with E-state index in [-0.39, 0.29) is 30.2 Å². The summed E-state index contributed by atoms with van der Waals surface area (Å²) < 4.78 is 0. The van der Waals surface area contributed by atoms with E-state index in [0.29, 0.717) is 30.6 Å². The van der Waals surface area contributed by atoms with Gasteiger partial charge in [0.1, 0.15) is 5.66 Å². The number of rotatable bonds is 4. The molecule has 1 saturated carbocycles. The molecule has 0 radical (unpaired) electrons. The first-order valence-electron chi connectivity index (χ1n) is 10.5. The SMILES string of the molecule is CC12CCC(=O)N1c1ccccc1C(=O)N2CCC(=O)NC1CCCCCC1. The highest BCUT2D eigenvalue weighted by Gasteiger charge is 2.52. The molecule has 1 aromatic carbocycles. The van der Waals surface area contributed by atoms with Gasteiger partial charge in [-0.2, -0.15) is 0 Å². The topological polar surface area (TPSA) is 69.7 Å². The number of para-hydroxylation sites is 1. The van der Waals surface area contributed by atoms with E-state index in [0.717, 1.165) is 12.8 Å². The number of carbonyl (C=O) groups is 3. The molecule has 28 heavy (non-hydrogen) atoms. The van der Waals surface area contributed by atoms with Crippen LogP contribution in [0.3, 0.4) is 0 Å². The van der Waals surface area contributed by atoms with Gasteiger partial charge < -0.3 is 10.2 Å². The van der Waals surface area contributed by atoms with E-state index in [1.165, 1.54) is 25.7 Å². The van der Waals surface area contributed by atoms with Gasteiger partial charge in [0.25, 0.3) is 5.91 Å². The minimum absolute atomic E-state index is 0.00182. The van der Waals surface area contributed by atoms with Crippen molar-refractivity contribution in [3.05, 3.63) is 29.8 Å². The first kappa shape index (κ1) is 19.0. The quantitative estimate of drug-likeness (QED) is 0.812. The maximum absolute atomic E-state index is 13.2. The summed E-state index contributed by atoms with van der Waals surface area (Å²) in [4.78, 5) is 41.8. The van der Waals surface area contributed by atoms with Gasteiger partial charge in [-0.25, -0.2) is 0 Å². The van der Waals surface area contributed by atoms with Gasteiger partial charge >= 0.3 is 0 Å². The van der Waals surface area contributed by atoms with E-state index in [4.69, 9.17) is 0 Å². The van der Waals surface area contributed by atoms with Gasteiger partial charge in [-0.15, -0.1) is 0 Å². The maximum atomic E-state index is 13.2. The molecule has 6 nitrogen and oxygen atoms in total. The van der Waals surface area contributed by atoms with Gasteiger partial charge in [0.15, 0.2) is 0 Å². The number of nitrogens with zero attached hydrogens (tertiary/aromatic N) is 2. The average Bonchev–Trinajstić information content (AvgIpc) is 2.85. The highest BCUT2D eigenvalue weighted by molar-refractivity contribution is 6.10. The van der Waals surface area contributed by atoms with E-state index >= 15 is 0 Å². The largest absolute Gasteiger partial charge is 0.353 e. The molecule has 1 atom stereocenters. The molecule has 0 spiro atoms. The van der Waals surface area contributed by atoms with Crippen molar-refractivity contribution in [1.29, 1.82) is 0 Å². The number of fused-ring (bicyclic) bond motifs is 3. The molecule has 1 aliphatic carbocycles. The monoisotopic (exact) mass is 383 g/mol. The second-order valence-corrected chi connectivity index (χ2v) is 8.43. The number of hydrogen-bond acceptors (Lipinski definition) is 3. The van der Waals surface area contributed by atoms with Gasteiger partial charge in [-0.3, -0.25) is 19.3 Å². The lowest BCUT2D eigenvalue weighted by atomic mass is 9.98. The van der Waals surface area contributed by atoms with Crippen LogP contribution in [0.25, 0.3) is 0 Å². The Balaban J connectivity index is 1.48. The lowest BCUT2D eigenvalue weighted by molar-refractivity contribution is -0.122. The van der Waals surface area contributed by atoms with Crippen LogP contribution in [0.15, 0.2) is 24.3 Å². The highest BCUT2D eigenvalue weighted by Crippen LogP contribution is 2.43. The Morgan fingerprint density at radius 2 is 1.86 bits per heavy atom. The number of anilines is 1. The van der Waals surface area contributed by atoms with Crippen LogP contribution in [0.5, 0.6) is 0 Å². The second-order valence-electron chi connectivity index (χ2n) is 8.43. The molecule has 2 fully saturated rings. The van der Waals surface area contributed by atoms with Crippen LogP contribution < -0.4 is 10.2 Å². The molecule has 0 aromatic heterocycles. The van der Waals surface area contributed by atoms with Crippen molar-refractivity contribution in [2.45, 2.75) is 76.4 Å². The molecule has 3 aliphatic rings. The fourth-order valence-corrected chi connectivity index (χ4v) is 4.98. The van der Waals surface area contributed by atoms with Crippen LogP contribution in [-0.2, 0) is 9.59 Å². The summed E-state index contributed by atoms with van der Waals surface area (Å²) in [6.45, 7) is 2.26. The minimum atomic E-state index is -0.689. The predicted molar refractivity (Wildman–Crippen MR) is 107 cm³/mol. The molecule has 2 heterocycles. The molecule has 1 N–H and O–H groups in total. The van der Waals surface area contributed by atoms with Crippen molar-refractivity contribution in [3.8, 4) is 0 Å². The van der Waals surface area contributed by atoms with Crippen LogP contribution in [0.4, 0.5) is 5.69 Å². The van der Waals surface area contributed by atoms with Gasteiger partial charge in [0, 0.05) is 25.4 Å². The van der Waals surface area contributed by atoms with Crippen molar-refractivity contribution < 1.29 is 14.4 Å². The Morgan fingerprint density at radius 1 is 1.14 bits per heavy atom. The summed E-state index contributed by atoms with van der Waals surface area (Å²) >= 11 is 0. The zero-order chi connectivity index (χ0) is 19.7. The van der Waals surface area contributed by atoms with Crippen LogP contribution in [0.2, 0.25) is 0 Å². The number of hydrogen-bond donors (Lipinski definition) is 1. The third-order valence-electron chi connectivity index (χ3n) is 6.53. The fourth-order valence-electron chi connectivity index (χ4n) is 4.98. The van der Waals surface area contributed by atoms with Crippen molar-refractivity contribution >= 4 is 23.4 Å². The van der Waals surface area contributed by atoms with Crippen molar-refractivity contribution in [1.82, 2.24) is 10.2 Å². The fraction of sp³-hybridized carbons (Fsp3) is 0.591. The Bertz CT molecular complexity index is 785. The van der Waals surface area contributed by atoms with E-state index in [2.05, 4.69) is 5.32 Å². The van der Waals surface area contributed by atoms with E-state index in [1.807, 2.05) is 25.1 Å². The molecule has 1 saturated heterocycles. The van der Waals surface area contributed by atoms with Gasteiger partial charge in [0.05, 0.1) is 11.3 Å². The van der Waals surface area contributed by atoms with Gasteiger partial charge in [-0.1, -0.05) is 37.8 Å². The third kappa shape index (κ3) is 3.29. The number of benzene rings is 1. The molecule has 6 heteroatoms. The summed E-state index contributed by atoms with van der Waals surface area (Å²) in [6.07, 6.45) is 8.19. The number of nitrogens with one attached hydrogen (secondary N) is 1. The highest BCUT2D eigenvalue weighted by atomic mass is 16.2.